The van der Waals surface area contributed by atoms with Crippen molar-refractivity contribution in [2.24, 2.45) is 0 Å². The second-order valence-electron chi connectivity index (χ2n) is 3.45. The first-order valence-electron chi connectivity index (χ1n) is 4.95. The van der Waals surface area contributed by atoms with Crippen LogP contribution in [0.15, 0.2) is 34.8 Å². The molecule has 0 fully saturated rings. The summed E-state index contributed by atoms with van der Waals surface area (Å²) in [5.74, 6) is 0.0366. The molecule has 0 atom stereocenters. The van der Waals surface area contributed by atoms with Crippen LogP contribution in [0.1, 0.15) is 5.56 Å². The van der Waals surface area contributed by atoms with Crippen molar-refractivity contribution in [3.8, 4) is 5.75 Å². The van der Waals surface area contributed by atoms with Crippen LogP contribution in [0.3, 0.4) is 0 Å². The maximum atomic E-state index is 13.3. The van der Waals surface area contributed by atoms with Gasteiger partial charge in [-0.3, -0.25) is 0 Å². The van der Waals surface area contributed by atoms with Crippen LogP contribution in [-0.2, 0) is 6.61 Å². The van der Waals surface area contributed by atoms with E-state index in [4.69, 9.17) is 27.9 Å². The van der Waals surface area contributed by atoms with Crippen LogP contribution in [-0.4, -0.2) is 4.98 Å². The van der Waals surface area contributed by atoms with E-state index in [-0.39, 0.29) is 17.6 Å². The Balaban J connectivity index is 2.09. The topological polar surface area (TPSA) is 22.1 Å². The van der Waals surface area contributed by atoms with Gasteiger partial charge in [0.15, 0.2) is 0 Å². The van der Waals surface area contributed by atoms with Gasteiger partial charge in [-0.15, -0.1) is 0 Å². The molecule has 0 N–H and O–H groups in total. The number of nitrogens with zero attached hydrogens (tertiary/aromatic N) is 1. The molecule has 18 heavy (non-hydrogen) atoms. The standard InChI is InChI=1S/C12H7BrCl2FNO/c13-9-3-2-8(5-10(9)16)18-6-7-1-4-11(14)17-12(7)15/h1-5H,6H2. The molecule has 94 valence electrons. The zero-order valence-corrected chi connectivity index (χ0v) is 12.1. The average Bonchev–Trinajstić information content (AvgIpc) is 2.32. The Morgan fingerprint density at radius 2 is 2.00 bits per heavy atom. The highest BCUT2D eigenvalue weighted by Gasteiger charge is 2.05. The Hall–Kier alpha value is -0.840. The maximum absolute atomic E-state index is 13.3. The van der Waals surface area contributed by atoms with Crippen molar-refractivity contribution in [3.63, 3.8) is 0 Å². The molecule has 0 amide bonds. The van der Waals surface area contributed by atoms with E-state index >= 15 is 0 Å². The van der Waals surface area contributed by atoms with Gasteiger partial charge in [0, 0.05) is 11.6 Å². The number of hydrogen-bond donors (Lipinski definition) is 0. The van der Waals surface area contributed by atoms with Crippen LogP contribution < -0.4 is 4.74 Å². The fraction of sp³-hybridized carbons (Fsp3) is 0.0833. The van der Waals surface area contributed by atoms with Crippen LogP contribution in [0, 0.1) is 5.82 Å². The van der Waals surface area contributed by atoms with Crippen LogP contribution >= 0.6 is 39.1 Å². The number of benzene rings is 1. The molecule has 1 aromatic heterocycles. The van der Waals surface area contributed by atoms with Gasteiger partial charge in [0.1, 0.15) is 28.5 Å². The summed E-state index contributed by atoms with van der Waals surface area (Å²) in [6.45, 7) is 0.198. The van der Waals surface area contributed by atoms with Crippen LogP contribution in [0.4, 0.5) is 4.39 Å². The van der Waals surface area contributed by atoms with E-state index in [9.17, 15) is 4.39 Å². The zero-order chi connectivity index (χ0) is 13.1. The summed E-state index contributed by atoms with van der Waals surface area (Å²) in [4.78, 5) is 3.89. The van der Waals surface area contributed by atoms with Crippen LogP contribution in [0.25, 0.3) is 0 Å². The Morgan fingerprint density at radius 1 is 1.22 bits per heavy atom. The Labute approximate surface area is 122 Å². The van der Waals surface area contributed by atoms with Crippen molar-refractivity contribution in [2.45, 2.75) is 6.61 Å². The molecule has 0 aliphatic carbocycles. The molecule has 1 heterocycles. The van der Waals surface area contributed by atoms with Gasteiger partial charge in [-0.1, -0.05) is 23.2 Å². The monoisotopic (exact) mass is 349 g/mol. The summed E-state index contributed by atoms with van der Waals surface area (Å²) >= 11 is 14.6. The zero-order valence-electron chi connectivity index (χ0n) is 8.96. The van der Waals surface area contributed by atoms with Gasteiger partial charge in [0.05, 0.1) is 4.47 Å². The molecule has 2 aromatic rings. The van der Waals surface area contributed by atoms with Gasteiger partial charge in [-0.05, 0) is 40.2 Å². The summed E-state index contributed by atoms with van der Waals surface area (Å²) in [5, 5.41) is 0.596. The highest BCUT2D eigenvalue weighted by Crippen LogP contribution is 2.23. The molecule has 2 nitrogen and oxygen atoms in total. The quantitative estimate of drug-likeness (QED) is 0.737. The minimum Gasteiger partial charge on any atom is -0.489 e. The van der Waals surface area contributed by atoms with E-state index in [0.29, 0.717) is 20.9 Å². The first-order valence-corrected chi connectivity index (χ1v) is 6.50. The van der Waals surface area contributed by atoms with Crippen molar-refractivity contribution in [2.75, 3.05) is 0 Å². The van der Waals surface area contributed by atoms with E-state index in [1.165, 1.54) is 6.07 Å². The number of ether oxygens (including phenoxy) is 1. The number of aromatic nitrogens is 1. The van der Waals surface area contributed by atoms with Gasteiger partial charge in [-0.25, -0.2) is 9.37 Å². The normalized spacial score (nSPS) is 10.4. The third-order valence-electron chi connectivity index (χ3n) is 2.18. The minimum atomic E-state index is -0.382. The molecule has 0 unspecified atom stereocenters. The molecule has 0 aliphatic heterocycles. The lowest BCUT2D eigenvalue weighted by Gasteiger charge is -2.08. The molecular weight excluding hydrogens is 344 g/mol. The Kier molecular flexibility index (Phi) is 4.43. The van der Waals surface area contributed by atoms with Crippen LogP contribution in [0.5, 0.6) is 5.75 Å². The smallest absolute Gasteiger partial charge is 0.141 e. The van der Waals surface area contributed by atoms with Gasteiger partial charge in [0.2, 0.25) is 0 Å². The molecule has 6 heteroatoms. The fourth-order valence-corrected chi connectivity index (χ4v) is 1.92. The predicted octanol–water partition coefficient (Wildman–Crippen LogP) is 4.87. The molecule has 0 saturated heterocycles. The van der Waals surface area contributed by atoms with E-state index in [1.807, 2.05) is 0 Å². The van der Waals surface area contributed by atoms with Gasteiger partial charge < -0.3 is 4.74 Å². The van der Waals surface area contributed by atoms with E-state index in [0.717, 1.165) is 0 Å². The lowest BCUT2D eigenvalue weighted by atomic mass is 10.3. The number of pyridine rings is 1. The largest absolute Gasteiger partial charge is 0.489 e. The van der Waals surface area contributed by atoms with Crippen LogP contribution in [0.2, 0.25) is 10.3 Å². The summed E-state index contributed by atoms with van der Waals surface area (Å²) in [6.07, 6.45) is 0. The third kappa shape index (κ3) is 3.34. The van der Waals surface area contributed by atoms with E-state index in [1.54, 1.807) is 24.3 Å². The number of hydrogen-bond acceptors (Lipinski definition) is 2. The molecule has 1 aromatic carbocycles. The van der Waals surface area contributed by atoms with E-state index < -0.39 is 0 Å². The molecule has 0 spiro atoms. The maximum Gasteiger partial charge on any atom is 0.141 e. The summed E-state index contributed by atoms with van der Waals surface area (Å²) < 4.78 is 19.1. The van der Waals surface area contributed by atoms with Crippen molar-refractivity contribution in [3.05, 3.63) is 56.5 Å². The van der Waals surface area contributed by atoms with Gasteiger partial charge >= 0.3 is 0 Å². The predicted molar refractivity (Wildman–Crippen MR) is 72.7 cm³/mol. The first kappa shape index (κ1) is 13.6. The Bertz CT molecular complexity index is 580. The lowest BCUT2D eigenvalue weighted by molar-refractivity contribution is 0.304. The number of halogens is 4. The van der Waals surface area contributed by atoms with Crippen molar-refractivity contribution < 1.29 is 9.13 Å². The Morgan fingerprint density at radius 3 is 2.67 bits per heavy atom. The second-order valence-corrected chi connectivity index (χ2v) is 5.05. The molecular formula is C12H7BrCl2FNO. The average molecular weight is 351 g/mol. The molecule has 0 saturated carbocycles. The highest BCUT2D eigenvalue weighted by molar-refractivity contribution is 9.10. The molecule has 0 radical (unpaired) electrons. The summed E-state index contributed by atoms with van der Waals surface area (Å²) in [7, 11) is 0. The summed E-state index contributed by atoms with van der Waals surface area (Å²) in [6, 6.07) is 7.86. The van der Waals surface area contributed by atoms with Crippen molar-refractivity contribution >= 4 is 39.1 Å². The SMILES string of the molecule is Fc1cc(OCc2ccc(Cl)nc2Cl)ccc1Br. The van der Waals surface area contributed by atoms with Crippen molar-refractivity contribution in [1.82, 2.24) is 4.98 Å². The summed E-state index contributed by atoms with van der Waals surface area (Å²) in [5.41, 5.74) is 0.685. The van der Waals surface area contributed by atoms with Gasteiger partial charge in [0.25, 0.3) is 0 Å². The van der Waals surface area contributed by atoms with Gasteiger partial charge in [-0.2, -0.15) is 0 Å². The molecule has 0 aliphatic rings. The minimum absolute atomic E-state index is 0.198. The number of rotatable bonds is 3. The van der Waals surface area contributed by atoms with E-state index in [2.05, 4.69) is 20.9 Å². The second kappa shape index (κ2) is 5.87. The molecule has 2 rings (SSSR count). The third-order valence-corrected chi connectivity index (χ3v) is 3.36. The van der Waals surface area contributed by atoms with Crippen molar-refractivity contribution in [1.29, 1.82) is 0 Å². The molecule has 0 bridgehead atoms. The lowest BCUT2D eigenvalue weighted by Crippen LogP contribution is -1.98. The first-order chi connectivity index (χ1) is 8.56. The highest BCUT2D eigenvalue weighted by atomic mass is 79.9. The fourth-order valence-electron chi connectivity index (χ4n) is 1.28.